The van der Waals surface area contributed by atoms with Crippen molar-refractivity contribution in [2.45, 2.75) is 45.8 Å². The first-order valence-electron chi connectivity index (χ1n) is 8.50. The summed E-state index contributed by atoms with van der Waals surface area (Å²) in [6.07, 6.45) is 1.62. The van der Waals surface area contributed by atoms with E-state index in [2.05, 4.69) is 12.1 Å². The number of aryl methyl sites for hydroxylation is 1. The van der Waals surface area contributed by atoms with Crippen LogP contribution in [0.3, 0.4) is 0 Å². The lowest BCUT2D eigenvalue weighted by Gasteiger charge is -2.27. The summed E-state index contributed by atoms with van der Waals surface area (Å²) in [5.74, 6) is 0. The Morgan fingerprint density at radius 2 is 1.46 bits per heavy atom. The largest absolute Gasteiger partial charge is 0.444 e. The fraction of sp³-hybridized carbons (Fsp3) is 0.381. The molecule has 0 aliphatic heterocycles. The van der Waals surface area contributed by atoms with Gasteiger partial charge in [0.05, 0.1) is 0 Å². The Morgan fingerprint density at radius 3 is 2.00 bits per heavy atom. The smallest absolute Gasteiger partial charge is 0.410 e. The highest BCUT2D eigenvalue weighted by molar-refractivity contribution is 5.68. The summed E-state index contributed by atoms with van der Waals surface area (Å²) in [7, 11) is 0. The van der Waals surface area contributed by atoms with E-state index in [1.165, 1.54) is 5.56 Å². The summed E-state index contributed by atoms with van der Waals surface area (Å²) in [5.41, 5.74) is 1.93. The van der Waals surface area contributed by atoms with Crippen LogP contribution >= 0.6 is 0 Å². The van der Waals surface area contributed by atoms with Crippen molar-refractivity contribution >= 4 is 6.09 Å². The number of carbonyl (C=O) groups is 1. The molecule has 0 aliphatic rings. The Bertz CT molecular complexity index is 617. The van der Waals surface area contributed by atoms with Crippen LogP contribution in [0.1, 0.15) is 38.3 Å². The third kappa shape index (κ3) is 6.45. The molecule has 0 unspecified atom stereocenters. The summed E-state index contributed by atoms with van der Waals surface area (Å²) < 4.78 is 5.56. The van der Waals surface area contributed by atoms with Crippen LogP contribution in [-0.2, 0) is 17.7 Å². The molecule has 2 aromatic carbocycles. The molecule has 0 bridgehead atoms. The van der Waals surface area contributed by atoms with Crippen LogP contribution < -0.4 is 0 Å². The van der Waals surface area contributed by atoms with Gasteiger partial charge >= 0.3 is 6.09 Å². The molecule has 1 amide bonds. The monoisotopic (exact) mass is 325 g/mol. The van der Waals surface area contributed by atoms with Crippen molar-refractivity contribution in [3.8, 4) is 0 Å². The summed E-state index contributed by atoms with van der Waals surface area (Å²) in [5, 5.41) is 0. The molecule has 0 fully saturated rings. The predicted octanol–water partition coefficient (Wildman–Crippen LogP) is 5.06. The Balaban J connectivity index is 1.97. The van der Waals surface area contributed by atoms with Crippen molar-refractivity contribution in [2.75, 3.05) is 6.54 Å². The molecule has 2 aromatic rings. The maximum absolute atomic E-state index is 12.5. The minimum Gasteiger partial charge on any atom is -0.444 e. The highest BCUT2D eigenvalue weighted by Crippen LogP contribution is 2.14. The van der Waals surface area contributed by atoms with E-state index >= 15 is 0 Å². The first kappa shape index (κ1) is 18.1. The molecule has 0 radical (unpaired) electrons. The van der Waals surface area contributed by atoms with Gasteiger partial charge in [-0.1, -0.05) is 60.7 Å². The molecule has 0 saturated carbocycles. The third-order valence-electron chi connectivity index (χ3n) is 3.60. The van der Waals surface area contributed by atoms with Gasteiger partial charge < -0.3 is 9.64 Å². The van der Waals surface area contributed by atoms with Gasteiger partial charge in [-0.15, -0.1) is 0 Å². The molecule has 0 heterocycles. The molecule has 0 atom stereocenters. The van der Waals surface area contributed by atoms with E-state index in [0.29, 0.717) is 13.1 Å². The van der Waals surface area contributed by atoms with Crippen molar-refractivity contribution in [3.63, 3.8) is 0 Å². The van der Waals surface area contributed by atoms with Crippen LogP contribution in [0, 0.1) is 0 Å². The molecular weight excluding hydrogens is 298 g/mol. The zero-order chi connectivity index (χ0) is 17.4. The number of hydrogen-bond acceptors (Lipinski definition) is 2. The number of carbonyl (C=O) groups excluding carboxylic acids is 1. The number of benzene rings is 2. The van der Waals surface area contributed by atoms with E-state index in [4.69, 9.17) is 4.74 Å². The molecule has 24 heavy (non-hydrogen) atoms. The van der Waals surface area contributed by atoms with Crippen molar-refractivity contribution in [1.82, 2.24) is 4.90 Å². The van der Waals surface area contributed by atoms with E-state index in [-0.39, 0.29) is 6.09 Å². The fourth-order valence-corrected chi connectivity index (χ4v) is 2.48. The molecule has 3 nitrogen and oxygen atoms in total. The maximum Gasteiger partial charge on any atom is 0.410 e. The van der Waals surface area contributed by atoms with Gasteiger partial charge in [0.25, 0.3) is 0 Å². The molecule has 3 heteroatoms. The van der Waals surface area contributed by atoms with Crippen molar-refractivity contribution in [2.24, 2.45) is 0 Å². The Labute approximate surface area is 145 Å². The third-order valence-corrected chi connectivity index (χ3v) is 3.60. The van der Waals surface area contributed by atoms with Gasteiger partial charge in [0, 0.05) is 13.1 Å². The van der Waals surface area contributed by atoms with Gasteiger partial charge in [0.15, 0.2) is 0 Å². The molecule has 0 spiro atoms. The number of amides is 1. The van der Waals surface area contributed by atoms with Gasteiger partial charge in [-0.05, 0) is 44.7 Å². The summed E-state index contributed by atoms with van der Waals surface area (Å²) in [6.45, 7) is 6.95. The van der Waals surface area contributed by atoms with E-state index in [1.54, 1.807) is 4.90 Å². The minimum absolute atomic E-state index is 0.251. The van der Waals surface area contributed by atoms with Crippen LogP contribution in [0.4, 0.5) is 4.79 Å². The molecule has 128 valence electrons. The van der Waals surface area contributed by atoms with E-state index in [1.807, 2.05) is 69.3 Å². The van der Waals surface area contributed by atoms with Crippen LogP contribution in [0.5, 0.6) is 0 Å². The van der Waals surface area contributed by atoms with Crippen LogP contribution in [0.15, 0.2) is 60.7 Å². The normalized spacial score (nSPS) is 11.1. The Hall–Kier alpha value is -2.29. The SMILES string of the molecule is CC(C)(C)OC(=O)N(CCCc1ccccc1)Cc1ccccc1. The van der Waals surface area contributed by atoms with Gasteiger partial charge in [-0.25, -0.2) is 4.79 Å². The molecule has 0 aromatic heterocycles. The van der Waals surface area contributed by atoms with Crippen molar-refractivity contribution in [1.29, 1.82) is 0 Å². The average Bonchev–Trinajstić information content (AvgIpc) is 2.54. The van der Waals surface area contributed by atoms with E-state index < -0.39 is 5.60 Å². The first-order chi connectivity index (χ1) is 11.4. The molecular formula is C21H27NO2. The van der Waals surface area contributed by atoms with Crippen LogP contribution in [-0.4, -0.2) is 23.1 Å². The summed E-state index contributed by atoms with van der Waals surface area (Å²) >= 11 is 0. The predicted molar refractivity (Wildman–Crippen MR) is 97.8 cm³/mol. The lowest BCUT2D eigenvalue weighted by atomic mass is 10.1. The first-order valence-corrected chi connectivity index (χ1v) is 8.50. The number of rotatable bonds is 6. The minimum atomic E-state index is -0.481. The highest BCUT2D eigenvalue weighted by atomic mass is 16.6. The number of nitrogens with zero attached hydrogens (tertiary/aromatic N) is 1. The van der Waals surface area contributed by atoms with Crippen LogP contribution in [0.2, 0.25) is 0 Å². The zero-order valence-electron chi connectivity index (χ0n) is 14.9. The molecule has 0 saturated heterocycles. The average molecular weight is 325 g/mol. The highest BCUT2D eigenvalue weighted by Gasteiger charge is 2.22. The summed E-state index contributed by atoms with van der Waals surface area (Å²) in [4.78, 5) is 14.3. The number of ether oxygens (including phenoxy) is 1. The van der Waals surface area contributed by atoms with E-state index in [9.17, 15) is 4.79 Å². The van der Waals surface area contributed by atoms with Crippen molar-refractivity contribution in [3.05, 3.63) is 71.8 Å². The van der Waals surface area contributed by atoms with Gasteiger partial charge in [-0.3, -0.25) is 0 Å². The second-order valence-electron chi connectivity index (χ2n) is 6.98. The molecule has 2 rings (SSSR count). The second kappa shape index (κ2) is 8.53. The quantitative estimate of drug-likeness (QED) is 0.743. The van der Waals surface area contributed by atoms with Crippen LogP contribution in [0.25, 0.3) is 0 Å². The molecule has 0 N–H and O–H groups in total. The Kier molecular flexibility index (Phi) is 6.42. The fourth-order valence-electron chi connectivity index (χ4n) is 2.48. The number of hydrogen-bond donors (Lipinski definition) is 0. The lowest BCUT2D eigenvalue weighted by molar-refractivity contribution is 0.0231. The second-order valence-corrected chi connectivity index (χ2v) is 6.98. The Morgan fingerprint density at radius 1 is 0.917 bits per heavy atom. The maximum atomic E-state index is 12.5. The van der Waals surface area contributed by atoms with Gasteiger partial charge in [0.1, 0.15) is 5.60 Å². The summed E-state index contributed by atoms with van der Waals surface area (Å²) in [6, 6.07) is 20.4. The van der Waals surface area contributed by atoms with Gasteiger partial charge in [-0.2, -0.15) is 0 Å². The van der Waals surface area contributed by atoms with E-state index in [0.717, 1.165) is 18.4 Å². The topological polar surface area (TPSA) is 29.5 Å². The van der Waals surface area contributed by atoms with Gasteiger partial charge in [0.2, 0.25) is 0 Å². The molecule has 0 aliphatic carbocycles. The zero-order valence-corrected chi connectivity index (χ0v) is 14.9. The lowest BCUT2D eigenvalue weighted by Crippen LogP contribution is -2.37. The standard InChI is InChI=1S/C21H27NO2/c1-21(2,3)24-20(23)22(17-19-13-8-5-9-14-19)16-10-15-18-11-6-4-7-12-18/h4-9,11-14H,10,15-17H2,1-3H3. The van der Waals surface area contributed by atoms with Crippen molar-refractivity contribution < 1.29 is 9.53 Å².